The summed E-state index contributed by atoms with van der Waals surface area (Å²) < 4.78 is 10.9. The molecule has 0 saturated heterocycles. The van der Waals surface area contributed by atoms with E-state index in [-0.39, 0.29) is 6.29 Å². The molecule has 1 unspecified atom stereocenters. The van der Waals surface area contributed by atoms with E-state index in [0.717, 1.165) is 5.57 Å². The standard InChI is InChI=1S/C15H16O2/c1-12-11-15(17-13(12)2)16-10-6-9-14-7-4-3-5-8-14/h3-9,11,15H,2,10H2,1H3/b9-6+. The molecular formula is C15H16O2. The Balaban J connectivity index is 1.77. The molecule has 1 aromatic carbocycles. The highest BCUT2D eigenvalue weighted by molar-refractivity contribution is 5.48. The lowest BCUT2D eigenvalue weighted by Gasteiger charge is -2.09. The molecule has 1 aliphatic heterocycles. The Bertz CT molecular complexity index is 443. The van der Waals surface area contributed by atoms with Gasteiger partial charge in [-0.3, -0.25) is 0 Å². The van der Waals surface area contributed by atoms with Crippen molar-refractivity contribution in [2.45, 2.75) is 13.2 Å². The first-order valence-electron chi connectivity index (χ1n) is 5.63. The van der Waals surface area contributed by atoms with Gasteiger partial charge in [0.1, 0.15) is 5.76 Å². The molecule has 17 heavy (non-hydrogen) atoms. The highest BCUT2D eigenvalue weighted by Gasteiger charge is 2.16. The number of allylic oxidation sites excluding steroid dienone is 1. The first-order valence-corrected chi connectivity index (χ1v) is 5.63. The normalized spacial score (nSPS) is 19.5. The van der Waals surface area contributed by atoms with Crippen LogP contribution < -0.4 is 0 Å². The van der Waals surface area contributed by atoms with E-state index in [1.807, 2.05) is 43.4 Å². The third kappa shape index (κ3) is 3.33. The lowest BCUT2D eigenvalue weighted by Crippen LogP contribution is -2.08. The predicted molar refractivity (Wildman–Crippen MR) is 69.2 cm³/mol. The Kier molecular flexibility index (Phi) is 3.78. The van der Waals surface area contributed by atoms with Crippen molar-refractivity contribution in [2.24, 2.45) is 0 Å². The van der Waals surface area contributed by atoms with Gasteiger partial charge in [0.25, 0.3) is 0 Å². The molecule has 0 N–H and O–H groups in total. The van der Waals surface area contributed by atoms with Crippen molar-refractivity contribution in [3.8, 4) is 0 Å². The van der Waals surface area contributed by atoms with Gasteiger partial charge in [-0.1, -0.05) is 49.1 Å². The molecule has 1 aliphatic rings. The van der Waals surface area contributed by atoms with Crippen molar-refractivity contribution in [1.29, 1.82) is 0 Å². The van der Waals surface area contributed by atoms with Crippen molar-refractivity contribution in [3.63, 3.8) is 0 Å². The van der Waals surface area contributed by atoms with E-state index >= 15 is 0 Å². The molecule has 2 heteroatoms. The quantitative estimate of drug-likeness (QED) is 0.784. The molecule has 2 rings (SSSR count). The zero-order chi connectivity index (χ0) is 12.1. The van der Waals surface area contributed by atoms with Gasteiger partial charge in [0.15, 0.2) is 0 Å². The van der Waals surface area contributed by atoms with Gasteiger partial charge in [0, 0.05) is 0 Å². The minimum absolute atomic E-state index is 0.289. The third-order valence-corrected chi connectivity index (χ3v) is 2.55. The topological polar surface area (TPSA) is 18.5 Å². The van der Waals surface area contributed by atoms with Crippen LogP contribution in [-0.2, 0) is 9.47 Å². The fourth-order valence-corrected chi connectivity index (χ4v) is 1.55. The molecule has 1 heterocycles. The van der Waals surface area contributed by atoms with Crippen LogP contribution in [0.15, 0.2) is 60.4 Å². The maximum absolute atomic E-state index is 5.52. The summed E-state index contributed by atoms with van der Waals surface area (Å²) in [6.07, 6.45) is 5.64. The van der Waals surface area contributed by atoms with Crippen LogP contribution >= 0.6 is 0 Å². The van der Waals surface area contributed by atoms with Crippen LogP contribution in [0.5, 0.6) is 0 Å². The van der Waals surface area contributed by atoms with Crippen molar-refractivity contribution in [2.75, 3.05) is 6.61 Å². The van der Waals surface area contributed by atoms with Crippen molar-refractivity contribution < 1.29 is 9.47 Å². The van der Waals surface area contributed by atoms with Crippen LogP contribution in [0.2, 0.25) is 0 Å². The van der Waals surface area contributed by atoms with Gasteiger partial charge < -0.3 is 9.47 Å². The van der Waals surface area contributed by atoms with Gasteiger partial charge in [-0.2, -0.15) is 0 Å². The highest BCUT2D eigenvalue weighted by Crippen LogP contribution is 2.21. The van der Waals surface area contributed by atoms with E-state index in [1.165, 1.54) is 5.56 Å². The van der Waals surface area contributed by atoms with Crippen LogP contribution in [0, 0.1) is 0 Å². The first-order chi connectivity index (χ1) is 8.25. The van der Waals surface area contributed by atoms with Crippen molar-refractivity contribution in [1.82, 2.24) is 0 Å². The van der Waals surface area contributed by atoms with Crippen LogP contribution in [0.25, 0.3) is 6.08 Å². The van der Waals surface area contributed by atoms with E-state index in [0.29, 0.717) is 12.4 Å². The Labute approximate surface area is 102 Å². The Morgan fingerprint density at radius 1 is 1.35 bits per heavy atom. The molecule has 2 nitrogen and oxygen atoms in total. The smallest absolute Gasteiger partial charge is 0.220 e. The van der Waals surface area contributed by atoms with Gasteiger partial charge in [0.2, 0.25) is 6.29 Å². The van der Waals surface area contributed by atoms with E-state index in [1.54, 1.807) is 0 Å². The second kappa shape index (κ2) is 5.51. The average Bonchev–Trinajstić information content (AvgIpc) is 2.66. The minimum Gasteiger partial charge on any atom is -0.462 e. The predicted octanol–water partition coefficient (Wildman–Crippen LogP) is 3.53. The summed E-state index contributed by atoms with van der Waals surface area (Å²) in [5.41, 5.74) is 2.21. The number of ether oxygens (including phenoxy) is 2. The molecule has 0 fully saturated rings. The van der Waals surface area contributed by atoms with Crippen LogP contribution in [0.1, 0.15) is 12.5 Å². The number of benzene rings is 1. The molecule has 0 aromatic heterocycles. The Hall–Kier alpha value is -1.80. The summed E-state index contributed by atoms with van der Waals surface area (Å²) in [6.45, 7) is 6.26. The SMILES string of the molecule is C=C1OC(OC/C=C/c2ccccc2)C=C1C. The molecular weight excluding hydrogens is 212 g/mol. The summed E-state index contributed by atoms with van der Waals surface area (Å²) in [5, 5.41) is 0. The fraction of sp³-hybridized carbons (Fsp3) is 0.200. The first kappa shape index (κ1) is 11.7. The maximum Gasteiger partial charge on any atom is 0.220 e. The number of hydrogen-bond donors (Lipinski definition) is 0. The van der Waals surface area contributed by atoms with Crippen molar-refractivity contribution >= 4 is 6.08 Å². The molecule has 0 saturated carbocycles. The molecule has 0 radical (unpaired) electrons. The summed E-state index contributed by atoms with van der Waals surface area (Å²) in [7, 11) is 0. The molecule has 1 aromatic rings. The molecule has 1 atom stereocenters. The van der Waals surface area contributed by atoms with Crippen LogP contribution in [-0.4, -0.2) is 12.9 Å². The summed E-state index contributed by atoms with van der Waals surface area (Å²) in [6, 6.07) is 10.1. The zero-order valence-corrected chi connectivity index (χ0v) is 9.93. The molecule has 88 valence electrons. The van der Waals surface area contributed by atoms with E-state index in [2.05, 4.69) is 18.7 Å². The van der Waals surface area contributed by atoms with Crippen LogP contribution in [0.4, 0.5) is 0 Å². The van der Waals surface area contributed by atoms with Gasteiger partial charge in [0.05, 0.1) is 6.61 Å². The highest BCUT2D eigenvalue weighted by atomic mass is 16.7. The van der Waals surface area contributed by atoms with E-state index < -0.39 is 0 Å². The van der Waals surface area contributed by atoms with E-state index in [9.17, 15) is 0 Å². The zero-order valence-electron chi connectivity index (χ0n) is 9.93. The van der Waals surface area contributed by atoms with Gasteiger partial charge in [-0.05, 0) is 24.1 Å². The summed E-state index contributed by atoms with van der Waals surface area (Å²) >= 11 is 0. The molecule has 0 spiro atoms. The minimum atomic E-state index is -0.289. The average molecular weight is 228 g/mol. The second-order valence-electron chi connectivity index (χ2n) is 3.91. The summed E-state index contributed by atoms with van der Waals surface area (Å²) in [4.78, 5) is 0. The van der Waals surface area contributed by atoms with Gasteiger partial charge >= 0.3 is 0 Å². The summed E-state index contributed by atoms with van der Waals surface area (Å²) in [5.74, 6) is 0.696. The lowest BCUT2D eigenvalue weighted by atomic mass is 10.2. The molecule has 0 aliphatic carbocycles. The van der Waals surface area contributed by atoms with Gasteiger partial charge in [-0.25, -0.2) is 0 Å². The third-order valence-electron chi connectivity index (χ3n) is 2.55. The lowest BCUT2D eigenvalue weighted by molar-refractivity contribution is -0.0598. The monoisotopic (exact) mass is 228 g/mol. The fourth-order valence-electron chi connectivity index (χ4n) is 1.55. The Morgan fingerprint density at radius 2 is 2.12 bits per heavy atom. The van der Waals surface area contributed by atoms with Crippen LogP contribution in [0.3, 0.4) is 0 Å². The second-order valence-corrected chi connectivity index (χ2v) is 3.91. The van der Waals surface area contributed by atoms with E-state index in [4.69, 9.17) is 9.47 Å². The molecule has 0 amide bonds. The largest absolute Gasteiger partial charge is 0.462 e. The number of rotatable bonds is 4. The Morgan fingerprint density at radius 3 is 2.76 bits per heavy atom. The van der Waals surface area contributed by atoms with Crippen molar-refractivity contribution in [3.05, 3.63) is 66.0 Å². The maximum atomic E-state index is 5.52. The number of hydrogen-bond acceptors (Lipinski definition) is 2. The van der Waals surface area contributed by atoms with Gasteiger partial charge in [-0.15, -0.1) is 0 Å². The molecule has 0 bridgehead atoms.